The first-order valence-electron chi connectivity index (χ1n) is 12.3. The van der Waals surface area contributed by atoms with Crippen LogP contribution in [0, 0.1) is 11.3 Å². The molecule has 0 saturated carbocycles. The predicted octanol–water partition coefficient (Wildman–Crippen LogP) is -0.335. The molecule has 3 rings (SSSR count). The molecule has 0 aliphatic carbocycles. The second kappa shape index (κ2) is 14.0. The molecular weight excluding hydrogens is 532 g/mol. The lowest BCUT2D eigenvalue weighted by atomic mass is 9.87. The molecule has 8 N–H and O–H groups in total. The Morgan fingerprint density at radius 2 is 2.02 bits per heavy atom. The highest BCUT2D eigenvalue weighted by atomic mass is 16.7. The number of benzene rings is 1. The van der Waals surface area contributed by atoms with Gasteiger partial charge in [-0.1, -0.05) is 13.0 Å². The van der Waals surface area contributed by atoms with Crippen LogP contribution in [0.25, 0.3) is 6.08 Å². The Balaban J connectivity index is 1.47. The van der Waals surface area contributed by atoms with Crippen LogP contribution in [0.1, 0.15) is 18.9 Å². The molecule has 0 saturated heterocycles. The number of carboxylic acid groups (broad SMARTS) is 1. The van der Waals surface area contributed by atoms with E-state index in [9.17, 15) is 29.7 Å². The number of nitrogens with one attached hydrogen (secondary N) is 3. The first-order chi connectivity index (χ1) is 19.1. The maximum atomic E-state index is 12.4. The Labute approximate surface area is 229 Å². The third-order valence-corrected chi connectivity index (χ3v) is 5.99. The number of aliphatic carboxylic acids is 1. The van der Waals surface area contributed by atoms with Crippen LogP contribution in [0.4, 0.5) is 4.79 Å². The Kier molecular flexibility index (Phi) is 10.6. The van der Waals surface area contributed by atoms with Gasteiger partial charge in [0.15, 0.2) is 23.6 Å². The molecule has 1 aromatic rings. The minimum Gasteiger partial charge on any atom is -0.479 e. The van der Waals surface area contributed by atoms with Gasteiger partial charge in [0.25, 0.3) is 0 Å². The summed E-state index contributed by atoms with van der Waals surface area (Å²) in [6.07, 6.45) is -1.03. The van der Waals surface area contributed by atoms with E-state index < -0.39 is 66.6 Å². The molecule has 2 aliphatic rings. The van der Waals surface area contributed by atoms with E-state index in [1.54, 1.807) is 31.2 Å². The van der Waals surface area contributed by atoms with Crippen molar-refractivity contribution in [2.24, 2.45) is 11.7 Å². The Morgan fingerprint density at radius 1 is 1.27 bits per heavy atom. The maximum absolute atomic E-state index is 12.4. The SMILES string of the molecule is C[C@H]1[C@H]([C@H](OC(=O)NCCCOC(=O)/C=C/c2ccc3c(c2)OCO3)[C@H](O)CO)OC(C(=O)O)=C[C@@H]1NC(=N)N. The average Bonchev–Trinajstić information content (AvgIpc) is 3.39. The molecule has 1 amide bonds. The van der Waals surface area contributed by atoms with Crippen LogP contribution in [0.3, 0.4) is 0 Å². The van der Waals surface area contributed by atoms with Gasteiger partial charge in [-0.25, -0.2) is 14.4 Å². The highest BCUT2D eigenvalue weighted by molar-refractivity contribution is 5.87. The molecule has 40 heavy (non-hydrogen) atoms. The summed E-state index contributed by atoms with van der Waals surface area (Å²) in [4.78, 5) is 35.9. The zero-order chi connectivity index (χ0) is 29.2. The highest BCUT2D eigenvalue weighted by Crippen LogP contribution is 2.33. The number of rotatable bonds is 12. The number of aliphatic hydroxyl groups is 2. The number of hydrogen-bond donors (Lipinski definition) is 7. The number of nitrogens with two attached hydrogens (primary N) is 1. The molecule has 5 atom stereocenters. The Morgan fingerprint density at radius 3 is 2.73 bits per heavy atom. The summed E-state index contributed by atoms with van der Waals surface area (Å²) in [6.45, 7) is 0.965. The summed E-state index contributed by atoms with van der Waals surface area (Å²) in [5, 5.41) is 41.7. The summed E-state index contributed by atoms with van der Waals surface area (Å²) in [5.41, 5.74) is 6.10. The van der Waals surface area contributed by atoms with Crippen LogP contribution in [-0.4, -0.2) is 90.2 Å². The first kappa shape index (κ1) is 30.0. The largest absolute Gasteiger partial charge is 0.479 e. The number of amides is 1. The number of esters is 1. The Bertz CT molecular complexity index is 1160. The van der Waals surface area contributed by atoms with Crippen LogP contribution < -0.4 is 25.8 Å². The topological polar surface area (TPSA) is 232 Å². The molecule has 0 fully saturated rings. The van der Waals surface area contributed by atoms with Crippen LogP contribution in [0.15, 0.2) is 36.1 Å². The number of fused-ring (bicyclic) bond motifs is 1. The van der Waals surface area contributed by atoms with Gasteiger partial charge in [-0.05, 0) is 36.3 Å². The van der Waals surface area contributed by atoms with Crippen molar-refractivity contribution in [3.8, 4) is 11.5 Å². The quantitative estimate of drug-likeness (QED) is 0.0567. The number of alkyl carbamates (subject to hydrolysis) is 1. The molecule has 2 aliphatic heterocycles. The van der Waals surface area contributed by atoms with E-state index in [0.717, 1.165) is 5.56 Å². The standard InChI is InChI=1S/C25H32N4O11/c1-13-15(29-24(26)27)10-19(23(33)34)39-21(13)22(16(31)11-30)40-25(35)28-7-2-8-36-20(32)6-4-14-3-5-17-18(9-14)38-12-37-17/h3-6,9-10,13,15-16,21-22,30-31H,2,7-8,11-12H2,1H3,(H,28,35)(H,33,34)(H4,26,27,29)/b6-4+/t13-,15+,16-,21-,22-/m1/s1. The first-order valence-corrected chi connectivity index (χ1v) is 12.3. The number of carbonyl (C=O) groups is 3. The van der Waals surface area contributed by atoms with E-state index in [-0.39, 0.29) is 26.4 Å². The van der Waals surface area contributed by atoms with Gasteiger partial charge in [-0.2, -0.15) is 0 Å². The highest BCUT2D eigenvalue weighted by Gasteiger charge is 2.43. The predicted molar refractivity (Wildman–Crippen MR) is 137 cm³/mol. The normalized spacial score (nSPS) is 21.0. The third-order valence-electron chi connectivity index (χ3n) is 5.99. The fraction of sp³-hybridized carbons (Fsp3) is 0.440. The summed E-state index contributed by atoms with van der Waals surface area (Å²) >= 11 is 0. The molecule has 15 nitrogen and oxygen atoms in total. The van der Waals surface area contributed by atoms with Crippen molar-refractivity contribution >= 4 is 30.1 Å². The minimum atomic E-state index is -1.61. The second-order valence-corrected chi connectivity index (χ2v) is 8.88. The fourth-order valence-electron chi connectivity index (χ4n) is 3.95. The average molecular weight is 565 g/mol. The van der Waals surface area contributed by atoms with Crippen LogP contribution in [0.2, 0.25) is 0 Å². The van der Waals surface area contributed by atoms with Gasteiger partial charge < -0.3 is 55.4 Å². The van der Waals surface area contributed by atoms with Gasteiger partial charge in [0.2, 0.25) is 12.6 Å². The third kappa shape index (κ3) is 8.25. The zero-order valence-corrected chi connectivity index (χ0v) is 21.6. The van der Waals surface area contributed by atoms with E-state index in [2.05, 4.69) is 10.6 Å². The van der Waals surface area contributed by atoms with Crippen molar-refractivity contribution in [3.05, 3.63) is 41.7 Å². The molecule has 218 valence electrons. The van der Waals surface area contributed by atoms with E-state index in [1.807, 2.05) is 0 Å². The molecule has 0 bridgehead atoms. The number of aliphatic hydroxyl groups excluding tert-OH is 2. The van der Waals surface area contributed by atoms with Crippen molar-refractivity contribution in [1.29, 1.82) is 5.41 Å². The summed E-state index contributed by atoms with van der Waals surface area (Å²) in [5.74, 6) is -2.38. The molecule has 0 radical (unpaired) electrons. The second-order valence-electron chi connectivity index (χ2n) is 8.88. The molecule has 0 spiro atoms. The van der Waals surface area contributed by atoms with Crippen LogP contribution >= 0.6 is 0 Å². The number of guanidine groups is 1. The van der Waals surface area contributed by atoms with E-state index in [4.69, 9.17) is 34.8 Å². The molecule has 15 heteroatoms. The van der Waals surface area contributed by atoms with Crippen LogP contribution in [0.5, 0.6) is 11.5 Å². The van der Waals surface area contributed by atoms with Gasteiger partial charge in [-0.15, -0.1) is 0 Å². The van der Waals surface area contributed by atoms with E-state index >= 15 is 0 Å². The van der Waals surface area contributed by atoms with Crippen molar-refractivity contribution < 1.29 is 53.4 Å². The number of ether oxygens (including phenoxy) is 5. The Hall–Kier alpha value is -4.50. The molecule has 1 aromatic carbocycles. The molecule has 2 heterocycles. The molecular formula is C25H32N4O11. The molecule has 0 aromatic heterocycles. The lowest BCUT2D eigenvalue weighted by Gasteiger charge is -2.39. The summed E-state index contributed by atoms with van der Waals surface area (Å²) in [6, 6.07) is 4.41. The van der Waals surface area contributed by atoms with Crippen molar-refractivity contribution in [2.75, 3.05) is 26.6 Å². The number of carbonyl (C=O) groups excluding carboxylic acids is 2. The zero-order valence-electron chi connectivity index (χ0n) is 21.6. The van der Waals surface area contributed by atoms with E-state index in [1.165, 1.54) is 12.2 Å². The minimum absolute atomic E-state index is 0.0127. The summed E-state index contributed by atoms with van der Waals surface area (Å²) < 4.78 is 26.4. The van der Waals surface area contributed by atoms with Crippen molar-refractivity contribution in [1.82, 2.24) is 10.6 Å². The summed E-state index contributed by atoms with van der Waals surface area (Å²) in [7, 11) is 0. The lowest BCUT2D eigenvalue weighted by Crippen LogP contribution is -2.56. The van der Waals surface area contributed by atoms with Crippen LogP contribution in [-0.2, 0) is 23.8 Å². The smallest absolute Gasteiger partial charge is 0.407 e. The maximum Gasteiger partial charge on any atom is 0.407 e. The monoisotopic (exact) mass is 564 g/mol. The lowest BCUT2D eigenvalue weighted by molar-refractivity contribution is -0.147. The number of carboxylic acids is 1. The van der Waals surface area contributed by atoms with Gasteiger partial charge in [0.1, 0.15) is 12.2 Å². The van der Waals surface area contributed by atoms with E-state index in [0.29, 0.717) is 11.5 Å². The molecule has 0 unspecified atom stereocenters. The fourth-order valence-corrected chi connectivity index (χ4v) is 3.95. The number of hydrogen-bond acceptors (Lipinski definition) is 11. The van der Waals surface area contributed by atoms with Gasteiger partial charge in [0, 0.05) is 18.5 Å². The van der Waals surface area contributed by atoms with Crippen molar-refractivity contribution in [2.45, 2.75) is 37.7 Å². The van der Waals surface area contributed by atoms with Gasteiger partial charge in [0.05, 0.1) is 19.3 Å². The van der Waals surface area contributed by atoms with Gasteiger partial charge >= 0.3 is 18.0 Å². The van der Waals surface area contributed by atoms with Crippen molar-refractivity contribution in [3.63, 3.8) is 0 Å². The van der Waals surface area contributed by atoms with Gasteiger partial charge in [-0.3, -0.25) is 5.41 Å².